The van der Waals surface area contributed by atoms with Crippen molar-refractivity contribution in [2.24, 2.45) is 5.92 Å². The molecule has 138 valence electrons. The highest BCUT2D eigenvalue weighted by molar-refractivity contribution is 5.74. The van der Waals surface area contributed by atoms with E-state index in [0.717, 1.165) is 0 Å². The minimum absolute atomic E-state index is 0.0185. The molecule has 2 atom stereocenters. The molecule has 0 aromatic rings. The second-order valence-electron chi connectivity index (χ2n) is 4.43. The highest BCUT2D eigenvalue weighted by atomic mass is 16.6. The van der Waals surface area contributed by atoms with Crippen LogP contribution in [-0.2, 0) is 23.8 Å². The van der Waals surface area contributed by atoms with Gasteiger partial charge in [-0.2, -0.15) is 0 Å². The van der Waals surface area contributed by atoms with Crippen LogP contribution in [0.25, 0.3) is 0 Å². The third-order valence-electron chi connectivity index (χ3n) is 2.43. The molecule has 0 aliphatic rings. The van der Waals surface area contributed by atoms with Gasteiger partial charge in [-0.15, -0.1) is 0 Å². The molecule has 0 bridgehead atoms. The van der Waals surface area contributed by atoms with E-state index in [-0.39, 0.29) is 58.1 Å². The maximum Gasteiger partial charge on any atom is 0.335 e. The number of aliphatic hydroxyl groups excluding tert-OH is 4. The molecule has 2 unspecified atom stereocenters. The Morgan fingerprint density at radius 1 is 0.783 bits per heavy atom. The van der Waals surface area contributed by atoms with Crippen LogP contribution in [0.15, 0.2) is 0 Å². The van der Waals surface area contributed by atoms with Gasteiger partial charge in [0.2, 0.25) is 0 Å². The van der Waals surface area contributed by atoms with Crippen LogP contribution >= 0.6 is 0 Å². The zero-order valence-electron chi connectivity index (χ0n) is 13.6. The summed E-state index contributed by atoms with van der Waals surface area (Å²) < 4.78 is 14.0. The Bertz CT molecular complexity index is 296. The average molecular weight is 340 g/mol. The number of esters is 2. The number of aliphatic hydroxyl groups is 4. The van der Waals surface area contributed by atoms with Gasteiger partial charge in [-0.05, 0) is 13.3 Å². The van der Waals surface area contributed by atoms with Crippen LogP contribution in [0.2, 0.25) is 0 Å². The Labute approximate surface area is 135 Å². The third kappa shape index (κ3) is 15.4. The monoisotopic (exact) mass is 340 g/mol. The van der Waals surface area contributed by atoms with E-state index in [2.05, 4.69) is 9.47 Å². The molecule has 0 aliphatic heterocycles. The standard InChI is InChI=1S/C7H14O5.C7H14O4/c1-6(11-4-2-8)7(10)12-5-3-9;1-6(2-3-8)7(10)11-5-4-9/h6,8-9H,2-5H2,1H3;6,8-9H,2-5H2,1H3. The molecule has 0 saturated carbocycles. The van der Waals surface area contributed by atoms with E-state index in [1.165, 1.54) is 6.92 Å². The fourth-order valence-electron chi connectivity index (χ4n) is 1.16. The van der Waals surface area contributed by atoms with Crippen LogP contribution in [0.5, 0.6) is 0 Å². The zero-order chi connectivity index (χ0) is 18.1. The van der Waals surface area contributed by atoms with Gasteiger partial charge in [0, 0.05) is 6.61 Å². The summed E-state index contributed by atoms with van der Waals surface area (Å²) in [6, 6.07) is 0. The molecule has 0 radical (unpaired) electrons. The smallest absolute Gasteiger partial charge is 0.335 e. The maximum absolute atomic E-state index is 10.9. The Hall–Kier alpha value is -1.26. The molecule has 0 fully saturated rings. The summed E-state index contributed by atoms with van der Waals surface area (Å²) in [6.07, 6.45) is -0.284. The topological polar surface area (TPSA) is 143 Å². The number of carbonyl (C=O) groups is 2. The Kier molecular flexibility index (Phi) is 17.8. The van der Waals surface area contributed by atoms with Crippen molar-refractivity contribution < 1.29 is 44.2 Å². The van der Waals surface area contributed by atoms with Gasteiger partial charge < -0.3 is 34.6 Å². The lowest BCUT2D eigenvalue weighted by atomic mass is 10.1. The normalized spacial score (nSPS) is 12.6. The van der Waals surface area contributed by atoms with Gasteiger partial charge in [-0.3, -0.25) is 4.79 Å². The second kappa shape index (κ2) is 17.1. The van der Waals surface area contributed by atoms with Gasteiger partial charge in [0.25, 0.3) is 0 Å². The number of ether oxygens (including phenoxy) is 3. The van der Waals surface area contributed by atoms with Gasteiger partial charge in [-0.1, -0.05) is 6.92 Å². The lowest BCUT2D eigenvalue weighted by molar-refractivity contribution is -0.157. The van der Waals surface area contributed by atoms with Crippen LogP contribution < -0.4 is 0 Å². The number of hydrogen-bond donors (Lipinski definition) is 4. The van der Waals surface area contributed by atoms with Crippen molar-refractivity contribution in [3.8, 4) is 0 Å². The molecule has 0 rings (SSSR count). The van der Waals surface area contributed by atoms with E-state index in [0.29, 0.717) is 6.42 Å². The summed E-state index contributed by atoms with van der Waals surface area (Å²) >= 11 is 0. The highest BCUT2D eigenvalue weighted by Gasteiger charge is 2.14. The van der Waals surface area contributed by atoms with Crippen molar-refractivity contribution in [2.75, 3.05) is 46.2 Å². The second-order valence-corrected chi connectivity index (χ2v) is 4.43. The van der Waals surface area contributed by atoms with Crippen LogP contribution in [0.3, 0.4) is 0 Å². The minimum atomic E-state index is -0.691. The molecule has 0 aromatic heterocycles. The number of hydrogen-bond acceptors (Lipinski definition) is 9. The van der Waals surface area contributed by atoms with E-state index >= 15 is 0 Å². The quantitative estimate of drug-likeness (QED) is 0.329. The van der Waals surface area contributed by atoms with Gasteiger partial charge in [0.15, 0.2) is 6.10 Å². The lowest BCUT2D eigenvalue weighted by Gasteiger charge is -2.10. The first-order chi connectivity index (χ1) is 10.9. The van der Waals surface area contributed by atoms with Gasteiger partial charge in [0.05, 0.1) is 32.3 Å². The zero-order valence-corrected chi connectivity index (χ0v) is 13.6. The Morgan fingerprint density at radius 2 is 1.26 bits per heavy atom. The first-order valence-corrected chi connectivity index (χ1v) is 7.32. The third-order valence-corrected chi connectivity index (χ3v) is 2.43. The lowest BCUT2D eigenvalue weighted by Crippen LogP contribution is -2.25. The fourth-order valence-corrected chi connectivity index (χ4v) is 1.16. The molecule has 0 amide bonds. The van der Waals surface area contributed by atoms with E-state index in [1.807, 2.05) is 0 Å². The van der Waals surface area contributed by atoms with Gasteiger partial charge >= 0.3 is 11.9 Å². The van der Waals surface area contributed by atoms with Crippen LogP contribution in [0, 0.1) is 5.92 Å². The summed E-state index contributed by atoms with van der Waals surface area (Å²) in [5, 5.41) is 33.4. The average Bonchev–Trinajstić information content (AvgIpc) is 2.55. The van der Waals surface area contributed by atoms with Crippen molar-refractivity contribution in [1.29, 1.82) is 0 Å². The van der Waals surface area contributed by atoms with E-state index in [1.54, 1.807) is 6.92 Å². The summed E-state index contributed by atoms with van der Waals surface area (Å²) in [5.74, 6) is -1.18. The molecule has 0 aliphatic carbocycles. The SMILES string of the molecule is CC(CCO)C(=O)OCCO.CC(OCCO)C(=O)OCCO. The van der Waals surface area contributed by atoms with E-state index in [9.17, 15) is 9.59 Å². The molecule has 0 heterocycles. The molecule has 23 heavy (non-hydrogen) atoms. The molecule has 9 nitrogen and oxygen atoms in total. The largest absolute Gasteiger partial charge is 0.463 e. The van der Waals surface area contributed by atoms with Crippen LogP contribution in [0.4, 0.5) is 0 Å². The minimum Gasteiger partial charge on any atom is -0.463 e. The van der Waals surface area contributed by atoms with Crippen molar-refractivity contribution in [3.63, 3.8) is 0 Å². The van der Waals surface area contributed by atoms with E-state index < -0.39 is 12.1 Å². The van der Waals surface area contributed by atoms with Crippen molar-refractivity contribution >= 4 is 11.9 Å². The Morgan fingerprint density at radius 3 is 1.70 bits per heavy atom. The molecule has 9 heteroatoms. The summed E-state index contributed by atoms with van der Waals surface area (Å²) in [6.45, 7) is 2.82. The fraction of sp³-hybridized carbons (Fsp3) is 0.857. The van der Waals surface area contributed by atoms with E-state index in [4.69, 9.17) is 25.2 Å². The highest BCUT2D eigenvalue weighted by Crippen LogP contribution is 2.02. The molecule has 0 spiro atoms. The Balaban J connectivity index is 0. The maximum atomic E-state index is 10.9. The summed E-state index contributed by atoms with van der Waals surface area (Å²) in [4.78, 5) is 21.7. The molecule has 0 aromatic carbocycles. The number of rotatable bonds is 11. The molecule has 4 N–H and O–H groups in total. The van der Waals surface area contributed by atoms with Gasteiger partial charge in [0.1, 0.15) is 13.2 Å². The van der Waals surface area contributed by atoms with Crippen molar-refractivity contribution in [3.05, 3.63) is 0 Å². The molecular weight excluding hydrogens is 312 g/mol. The first-order valence-electron chi connectivity index (χ1n) is 7.32. The first kappa shape index (κ1) is 24.0. The van der Waals surface area contributed by atoms with Crippen LogP contribution in [-0.4, -0.2) is 84.7 Å². The summed E-state index contributed by atoms with van der Waals surface area (Å²) in [5.41, 5.74) is 0. The number of carbonyl (C=O) groups excluding carboxylic acids is 2. The predicted octanol–water partition coefficient (Wildman–Crippen LogP) is -1.54. The molecule has 0 saturated heterocycles. The van der Waals surface area contributed by atoms with Crippen LogP contribution in [0.1, 0.15) is 20.3 Å². The predicted molar refractivity (Wildman–Crippen MR) is 79.5 cm³/mol. The van der Waals surface area contributed by atoms with Crippen molar-refractivity contribution in [2.45, 2.75) is 26.4 Å². The van der Waals surface area contributed by atoms with Crippen molar-refractivity contribution in [1.82, 2.24) is 0 Å². The summed E-state index contributed by atoms with van der Waals surface area (Å²) in [7, 11) is 0. The van der Waals surface area contributed by atoms with Gasteiger partial charge in [-0.25, -0.2) is 4.79 Å². The molecular formula is C14H28O9.